The van der Waals surface area contributed by atoms with E-state index in [1.807, 2.05) is 38.3 Å². The van der Waals surface area contributed by atoms with Crippen LogP contribution in [0.25, 0.3) is 16.6 Å². The van der Waals surface area contributed by atoms with Gasteiger partial charge in [-0.15, -0.1) is 0 Å². The van der Waals surface area contributed by atoms with E-state index >= 15 is 0 Å². The topological polar surface area (TPSA) is 127 Å². The normalized spacial score (nSPS) is 11.9. The van der Waals surface area contributed by atoms with Gasteiger partial charge in [-0.05, 0) is 19.1 Å². The van der Waals surface area contributed by atoms with Crippen molar-refractivity contribution in [2.75, 3.05) is 30.6 Å². The molecule has 0 saturated carbocycles. The summed E-state index contributed by atoms with van der Waals surface area (Å²) in [6.07, 6.45) is 6.37. The van der Waals surface area contributed by atoms with Crippen LogP contribution in [0.1, 0.15) is 21.7 Å². The standard InChI is InChI=1S/C20H24N8O3S/c1-12-9-28-11-17(23-19(28)15(22-12)8-21-32(5,30)31)24-20(29)13-6-7-16(26(2)3)14-10-27(4)25-18(13)14/h6-7,9-11,21H,8H2,1-5H3,(H,24,29). The lowest BCUT2D eigenvalue weighted by Crippen LogP contribution is -2.22. The van der Waals surface area contributed by atoms with Gasteiger partial charge < -0.3 is 14.6 Å². The molecule has 3 aromatic heterocycles. The summed E-state index contributed by atoms with van der Waals surface area (Å²) in [5, 5.41) is 8.15. The van der Waals surface area contributed by atoms with Gasteiger partial charge in [0.05, 0.1) is 35.9 Å². The van der Waals surface area contributed by atoms with Gasteiger partial charge in [-0.25, -0.2) is 18.1 Å². The zero-order valence-electron chi connectivity index (χ0n) is 18.4. The molecule has 0 unspecified atom stereocenters. The van der Waals surface area contributed by atoms with E-state index in [0.717, 1.165) is 17.3 Å². The molecule has 0 bridgehead atoms. The molecule has 32 heavy (non-hydrogen) atoms. The van der Waals surface area contributed by atoms with Crippen LogP contribution in [0.3, 0.4) is 0 Å². The monoisotopic (exact) mass is 456 g/mol. The molecule has 0 aliphatic heterocycles. The van der Waals surface area contributed by atoms with Crippen molar-refractivity contribution < 1.29 is 13.2 Å². The number of anilines is 2. The minimum absolute atomic E-state index is 0.00499. The summed E-state index contributed by atoms with van der Waals surface area (Å²) in [4.78, 5) is 23.9. The van der Waals surface area contributed by atoms with Crippen molar-refractivity contribution in [2.45, 2.75) is 13.5 Å². The summed E-state index contributed by atoms with van der Waals surface area (Å²) in [5.41, 5.74) is 3.58. The lowest BCUT2D eigenvalue weighted by molar-refractivity contribution is 0.102. The Morgan fingerprint density at radius 1 is 1.16 bits per heavy atom. The number of fused-ring (bicyclic) bond motifs is 2. The van der Waals surface area contributed by atoms with E-state index in [2.05, 4.69) is 25.1 Å². The zero-order chi connectivity index (χ0) is 23.2. The maximum atomic E-state index is 13.1. The largest absolute Gasteiger partial charge is 0.377 e. The highest BCUT2D eigenvalue weighted by Crippen LogP contribution is 2.28. The van der Waals surface area contributed by atoms with Crippen molar-refractivity contribution in [1.29, 1.82) is 0 Å². The first-order valence-corrected chi connectivity index (χ1v) is 11.7. The van der Waals surface area contributed by atoms with Gasteiger partial charge in [-0.2, -0.15) is 5.10 Å². The lowest BCUT2D eigenvalue weighted by atomic mass is 10.1. The van der Waals surface area contributed by atoms with Crippen LogP contribution >= 0.6 is 0 Å². The van der Waals surface area contributed by atoms with Crippen LogP contribution in [0.2, 0.25) is 0 Å². The molecule has 0 saturated heterocycles. The predicted octanol–water partition coefficient (Wildman–Crippen LogP) is 1.29. The second-order valence-corrected chi connectivity index (χ2v) is 9.66. The van der Waals surface area contributed by atoms with E-state index < -0.39 is 10.0 Å². The fourth-order valence-corrected chi connectivity index (χ4v) is 3.94. The number of nitrogens with zero attached hydrogens (tertiary/aromatic N) is 6. The first-order chi connectivity index (χ1) is 15.0. The number of amides is 1. The number of aryl methyl sites for hydroxylation is 2. The number of rotatable bonds is 6. The quantitative estimate of drug-likeness (QED) is 0.448. The molecule has 0 atom stereocenters. The fraction of sp³-hybridized carbons (Fsp3) is 0.300. The van der Waals surface area contributed by atoms with Gasteiger partial charge in [0.25, 0.3) is 5.91 Å². The van der Waals surface area contributed by atoms with E-state index in [9.17, 15) is 13.2 Å². The second kappa shape index (κ2) is 7.88. The minimum Gasteiger partial charge on any atom is -0.377 e. The Balaban J connectivity index is 1.68. The number of aromatic nitrogens is 5. The van der Waals surface area contributed by atoms with Crippen LogP contribution < -0.4 is 14.9 Å². The number of hydrogen-bond donors (Lipinski definition) is 2. The number of hydrogen-bond acceptors (Lipinski definition) is 7. The molecule has 0 radical (unpaired) electrons. The van der Waals surface area contributed by atoms with Gasteiger partial charge in [-0.3, -0.25) is 14.5 Å². The Morgan fingerprint density at radius 2 is 1.91 bits per heavy atom. The van der Waals surface area contributed by atoms with Crippen LogP contribution in [-0.4, -0.2) is 58.8 Å². The van der Waals surface area contributed by atoms with Gasteiger partial charge in [0.1, 0.15) is 5.52 Å². The first kappa shape index (κ1) is 21.7. The Morgan fingerprint density at radius 3 is 2.59 bits per heavy atom. The smallest absolute Gasteiger partial charge is 0.259 e. The molecular formula is C20H24N8O3S. The average Bonchev–Trinajstić information content (AvgIpc) is 3.26. The minimum atomic E-state index is -3.39. The highest BCUT2D eigenvalue weighted by molar-refractivity contribution is 7.88. The van der Waals surface area contributed by atoms with Gasteiger partial charge in [0.15, 0.2) is 11.5 Å². The highest BCUT2D eigenvalue weighted by atomic mass is 32.2. The molecule has 168 valence electrons. The molecule has 1 aromatic carbocycles. The lowest BCUT2D eigenvalue weighted by Gasteiger charge is -2.14. The van der Waals surface area contributed by atoms with Crippen molar-refractivity contribution in [3.63, 3.8) is 0 Å². The number of imidazole rings is 1. The summed E-state index contributed by atoms with van der Waals surface area (Å²) in [6.45, 7) is 1.79. The fourth-order valence-electron chi connectivity index (χ4n) is 3.54. The number of carbonyl (C=O) groups excluding carboxylic acids is 1. The molecule has 0 aliphatic carbocycles. The van der Waals surface area contributed by atoms with Gasteiger partial charge >= 0.3 is 0 Å². The van der Waals surface area contributed by atoms with E-state index in [-0.39, 0.29) is 12.5 Å². The Bertz CT molecular complexity index is 1450. The van der Waals surface area contributed by atoms with Gasteiger partial charge in [0, 0.05) is 44.6 Å². The molecule has 11 nitrogen and oxygen atoms in total. The molecular weight excluding hydrogens is 432 g/mol. The Kier molecular flexibility index (Phi) is 5.34. The molecule has 3 heterocycles. The third kappa shape index (κ3) is 4.27. The Hall–Kier alpha value is -3.51. The summed E-state index contributed by atoms with van der Waals surface area (Å²) < 4.78 is 28.8. The zero-order valence-corrected chi connectivity index (χ0v) is 19.2. The third-order valence-corrected chi connectivity index (χ3v) is 5.53. The van der Waals surface area contributed by atoms with E-state index in [4.69, 9.17) is 0 Å². The van der Waals surface area contributed by atoms with Crippen molar-refractivity contribution in [2.24, 2.45) is 7.05 Å². The summed E-state index contributed by atoms with van der Waals surface area (Å²) in [5.74, 6) is -0.0216. The Labute approximate surface area is 185 Å². The molecule has 4 aromatic rings. The highest BCUT2D eigenvalue weighted by Gasteiger charge is 2.18. The van der Waals surface area contributed by atoms with Crippen molar-refractivity contribution >= 4 is 44.0 Å². The summed E-state index contributed by atoms with van der Waals surface area (Å²) >= 11 is 0. The molecule has 0 spiro atoms. The van der Waals surface area contributed by atoms with Crippen LogP contribution in [0.4, 0.5) is 11.5 Å². The number of benzene rings is 1. The maximum absolute atomic E-state index is 13.1. The van der Waals surface area contributed by atoms with E-state index in [1.165, 1.54) is 0 Å². The van der Waals surface area contributed by atoms with Crippen LogP contribution in [0.5, 0.6) is 0 Å². The average molecular weight is 457 g/mol. The molecule has 12 heteroatoms. The summed E-state index contributed by atoms with van der Waals surface area (Å²) in [6, 6.07) is 3.62. The van der Waals surface area contributed by atoms with Crippen molar-refractivity contribution in [1.82, 2.24) is 28.9 Å². The number of sulfonamides is 1. The number of carbonyl (C=O) groups is 1. The maximum Gasteiger partial charge on any atom is 0.259 e. The number of nitrogens with one attached hydrogen (secondary N) is 2. The van der Waals surface area contributed by atoms with Crippen LogP contribution in [0.15, 0.2) is 30.7 Å². The van der Waals surface area contributed by atoms with Gasteiger partial charge in [0.2, 0.25) is 10.0 Å². The van der Waals surface area contributed by atoms with E-state index in [1.54, 1.807) is 34.5 Å². The molecule has 4 rings (SSSR count). The molecule has 1 amide bonds. The van der Waals surface area contributed by atoms with E-state index in [0.29, 0.717) is 33.9 Å². The van der Waals surface area contributed by atoms with Crippen molar-refractivity contribution in [3.8, 4) is 0 Å². The first-order valence-electron chi connectivity index (χ1n) is 9.77. The predicted molar refractivity (Wildman–Crippen MR) is 122 cm³/mol. The second-order valence-electron chi connectivity index (χ2n) is 7.83. The molecule has 2 N–H and O–H groups in total. The summed E-state index contributed by atoms with van der Waals surface area (Å²) in [7, 11) is 2.29. The van der Waals surface area contributed by atoms with Crippen LogP contribution in [-0.2, 0) is 23.6 Å². The molecule has 0 fully saturated rings. The van der Waals surface area contributed by atoms with Gasteiger partial charge in [-0.1, -0.05) is 0 Å². The third-order valence-electron chi connectivity index (χ3n) is 4.87. The molecule has 0 aliphatic rings. The van der Waals surface area contributed by atoms with Crippen LogP contribution in [0, 0.1) is 6.92 Å². The SMILES string of the molecule is Cc1cn2cc(NC(=O)c3ccc(N(C)C)c4cn(C)nc34)nc2c(CNS(C)(=O)=O)n1. The van der Waals surface area contributed by atoms with Crippen molar-refractivity contribution in [3.05, 3.63) is 47.7 Å².